The molecule has 0 saturated carbocycles. The van der Waals surface area contributed by atoms with Crippen LogP contribution in [0.4, 0.5) is 0 Å². The van der Waals surface area contributed by atoms with E-state index in [1.165, 1.54) is 0 Å². The first-order valence-electron chi connectivity index (χ1n) is 6.92. The van der Waals surface area contributed by atoms with Gasteiger partial charge in [0.2, 0.25) is 0 Å². The average molecular weight is 270 g/mol. The van der Waals surface area contributed by atoms with Gasteiger partial charge in [0.05, 0.1) is 11.1 Å². The van der Waals surface area contributed by atoms with Crippen molar-refractivity contribution in [2.45, 2.75) is 26.2 Å². The monoisotopic (exact) mass is 270 g/mol. The molecule has 0 spiro atoms. The van der Waals surface area contributed by atoms with Crippen molar-refractivity contribution in [2.75, 3.05) is 13.1 Å². The summed E-state index contributed by atoms with van der Waals surface area (Å²) >= 11 is 0. The van der Waals surface area contributed by atoms with Crippen molar-refractivity contribution in [3.63, 3.8) is 0 Å². The van der Waals surface area contributed by atoms with Crippen LogP contribution < -0.4 is 5.32 Å². The molecule has 2 aromatic rings. The summed E-state index contributed by atoms with van der Waals surface area (Å²) < 4.78 is 0. The quantitative estimate of drug-likeness (QED) is 0.880. The molecule has 1 unspecified atom stereocenters. The first kappa shape index (κ1) is 13.1. The van der Waals surface area contributed by atoms with E-state index in [4.69, 9.17) is 4.98 Å². The Morgan fingerprint density at radius 3 is 2.80 bits per heavy atom. The molecular formula is C16H18N2O2. The van der Waals surface area contributed by atoms with Gasteiger partial charge >= 0.3 is 5.97 Å². The maximum absolute atomic E-state index is 11.6. The first-order chi connectivity index (χ1) is 9.56. The Kier molecular flexibility index (Phi) is 3.18. The van der Waals surface area contributed by atoms with Gasteiger partial charge in [0.15, 0.2) is 0 Å². The summed E-state index contributed by atoms with van der Waals surface area (Å²) in [7, 11) is 0. The molecule has 0 aliphatic carbocycles. The van der Waals surface area contributed by atoms with E-state index in [-0.39, 0.29) is 0 Å². The third-order valence-electron chi connectivity index (χ3n) is 3.98. The van der Waals surface area contributed by atoms with Crippen LogP contribution in [0.2, 0.25) is 0 Å². The second-order valence-corrected chi connectivity index (χ2v) is 5.57. The van der Waals surface area contributed by atoms with E-state index in [0.717, 1.165) is 47.2 Å². The fraction of sp³-hybridized carbons (Fsp3) is 0.375. The highest BCUT2D eigenvalue weighted by Gasteiger charge is 2.21. The molecule has 1 aromatic carbocycles. The standard InChI is InChI=1S/C16H18N2O2/c1-9-5-10(2)15-12(16(19)20)7-13(18-14(15)6-9)11-3-4-17-8-11/h5-7,11,17H,3-4,8H2,1-2H3,(H,19,20). The van der Waals surface area contributed by atoms with E-state index in [1.807, 2.05) is 26.0 Å². The fourth-order valence-electron chi connectivity index (χ4n) is 3.06. The number of pyridine rings is 1. The average Bonchev–Trinajstić information content (AvgIpc) is 2.90. The second-order valence-electron chi connectivity index (χ2n) is 5.57. The summed E-state index contributed by atoms with van der Waals surface area (Å²) in [6.45, 7) is 5.81. The summed E-state index contributed by atoms with van der Waals surface area (Å²) in [5, 5.41) is 13.6. The number of carboxylic acid groups (broad SMARTS) is 1. The zero-order chi connectivity index (χ0) is 14.3. The molecule has 3 rings (SSSR count). The van der Waals surface area contributed by atoms with E-state index >= 15 is 0 Å². The molecule has 1 aliphatic heterocycles. The fourth-order valence-corrected chi connectivity index (χ4v) is 3.06. The van der Waals surface area contributed by atoms with Crippen LogP contribution in [0.25, 0.3) is 10.9 Å². The molecule has 1 aliphatic rings. The maximum Gasteiger partial charge on any atom is 0.336 e. The molecule has 20 heavy (non-hydrogen) atoms. The molecule has 4 nitrogen and oxygen atoms in total. The van der Waals surface area contributed by atoms with Crippen LogP contribution in [0.3, 0.4) is 0 Å². The zero-order valence-corrected chi connectivity index (χ0v) is 11.7. The SMILES string of the molecule is Cc1cc(C)c2c(C(=O)O)cc(C3CCNC3)nc2c1. The Morgan fingerprint density at radius 1 is 1.35 bits per heavy atom. The Bertz CT molecular complexity index is 688. The Hall–Kier alpha value is -1.94. The molecule has 4 heteroatoms. The number of fused-ring (bicyclic) bond motifs is 1. The van der Waals surface area contributed by atoms with Crippen molar-refractivity contribution in [1.29, 1.82) is 0 Å². The largest absolute Gasteiger partial charge is 0.478 e. The van der Waals surface area contributed by atoms with Gasteiger partial charge in [-0.1, -0.05) is 6.07 Å². The molecule has 1 fully saturated rings. The minimum atomic E-state index is -0.878. The lowest BCUT2D eigenvalue weighted by Gasteiger charge is -2.13. The molecule has 104 valence electrons. The minimum Gasteiger partial charge on any atom is -0.478 e. The van der Waals surface area contributed by atoms with Crippen molar-refractivity contribution in [3.8, 4) is 0 Å². The van der Waals surface area contributed by atoms with E-state index < -0.39 is 5.97 Å². The number of aryl methyl sites for hydroxylation is 2. The van der Waals surface area contributed by atoms with Crippen LogP contribution in [-0.4, -0.2) is 29.1 Å². The van der Waals surface area contributed by atoms with Gasteiger partial charge in [0, 0.05) is 23.5 Å². The number of nitrogens with one attached hydrogen (secondary N) is 1. The van der Waals surface area contributed by atoms with Gasteiger partial charge in [0.25, 0.3) is 0 Å². The summed E-state index contributed by atoms with van der Waals surface area (Å²) in [6, 6.07) is 5.73. The lowest BCUT2D eigenvalue weighted by molar-refractivity contribution is 0.0698. The number of carbonyl (C=O) groups is 1. The smallest absolute Gasteiger partial charge is 0.336 e. The number of carboxylic acids is 1. The summed E-state index contributed by atoms with van der Waals surface area (Å²) in [4.78, 5) is 16.3. The van der Waals surface area contributed by atoms with Crippen molar-refractivity contribution in [3.05, 3.63) is 40.6 Å². The van der Waals surface area contributed by atoms with Crippen molar-refractivity contribution in [1.82, 2.24) is 10.3 Å². The molecular weight excluding hydrogens is 252 g/mol. The number of nitrogens with zero attached hydrogens (tertiary/aromatic N) is 1. The summed E-state index contributed by atoms with van der Waals surface area (Å²) in [5.74, 6) is -0.560. The van der Waals surface area contributed by atoms with Gasteiger partial charge in [-0.3, -0.25) is 4.98 Å². The van der Waals surface area contributed by atoms with Crippen LogP contribution in [0, 0.1) is 13.8 Å². The first-order valence-corrected chi connectivity index (χ1v) is 6.92. The number of hydrogen-bond acceptors (Lipinski definition) is 3. The third-order valence-corrected chi connectivity index (χ3v) is 3.98. The Labute approximate surface area is 117 Å². The Morgan fingerprint density at radius 2 is 2.15 bits per heavy atom. The second kappa shape index (κ2) is 4.87. The van der Waals surface area contributed by atoms with Crippen LogP contribution in [0.15, 0.2) is 18.2 Å². The van der Waals surface area contributed by atoms with E-state index in [2.05, 4.69) is 5.32 Å². The lowest BCUT2D eigenvalue weighted by Crippen LogP contribution is -2.10. The highest BCUT2D eigenvalue weighted by atomic mass is 16.4. The Balaban J connectivity index is 2.27. The van der Waals surface area contributed by atoms with Crippen LogP contribution in [0.1, 0.15) is 39.5 Å². The molecule has 2 heterocycles. The number of benzene rings is 1. The highest BCUT2D eigenvalue weighted by Crippen LogP contribution is 2.28. The summed E-state index contributed by atoms with van der Waals surface area (Å²) in [5.41, 5.74) is 4.14. The van der Waals surface area contributed by atoms with Crippen molar-refractivity contribution < 1.29 is 9.90 Å². The van der Waals surface area contributed by atoms with Crippen molar-refractivity contribution >= 4 is 16.9 Å². The number of hydrogen-bond donors (Lipinski definition) is 2. The van der Waals surface area contributed by atoms with E-state index in [0.29, 0.717) is 11.5 Å². The predicted molar refractivity (Wildman–Crippen MR) is 78.4 cm³/mol. The zero-order valence-electron chi connectivity index (χ0n) is 11.7. The van der Waals surface area contributed by atoms with E-state index in [9.17, 15) is 9.90 Å². The van der Waals surface area contributed by atoms with Crippen LogP contribution in [0.5, 0.6) is 0 Å². The number of aromatic nitrogens is 1. The lowest BCUT2D eigenvalue weighted by atomic mass is 9.96. The normalized spacial score (nSPS) is 18.6. The summed E-state index contributed by atoms with van der Waals surface area (Å²) in [6.07, 6.45) is 1.02. The molecule has 0 bridgehead atoms. The minimum absolute atomic E-state index is 0.318. The predicted octanol–water partition coefficient (Wildman–Crippen LogP) is 2.63. The van der Waals surface area contributed by atoms with E-state index in [1.54, 1.807) is 6.07 Å². The third kappa shape index (κ3) is 2.16. The van der Waals surface area contributed by atoms with Crippen LogP contribution >= 0.6 is 0 Å². The van der Waals surface area contributed by atoms with Gasteiger partial charge in [0.1, 0.15) is 0 Å². The molecule has 1 saturated heterocycles. The number of rotatable bonds is 2. The molecule has 0 radical (unpaired) electrons. The molecule has 1 aromatic heterocycles. The highest BCUT2D eigenvalue weighted by molar-refractivity contribution is 6.04. The number of aromatic carboxylic acids is 1. The van der Waals surface area contributed by atoms with Crippen molar-refractivity contribution in [2.24, 2.45) is 0 Å². The maximum atomic E-state index is 11.6. The molecule has 0 amide bonds. The van der Waals surface area contributed by atoms with Gasteiger partial charge in [-0.2, -0.15) is 0 Å². The topological polar surface area (TPSA) is 62.2 Å². The van der Waals surface area contributed by atoms with Gasteiger partial charge < -0.3 is 10.4 Å². The molecule has 1 atom stereocenters. The van der Waals surface area contributed by atoms with Gasteiger partial charge in [-0.15, -0.1) is 0 Å². The van der Waals surface area contributed by atoms with Crippen LogP contribution in [-0.2, 0) is 0 Å². The molecule has 2 N–H and O–H groups in total. The van der Waals surface area contributed by atoms with Gasteiger partial charge in [-0.05, 0) is 50.1 Å². The van der Waals surface area contributed by atoms with Gasteiger partial charge in [-0.25, -0.2) is 4.79 Å².